The monoisotopic (exact) mass is 476 g/mol. The number of nitrogens with zero attached hydrogens (tertiary/aromatic N) is 2. The van der Waals surface area contributed by atoms with Gasteiger partial charge in [-0.05, 0) is 40.1 Å². The van der Waals surface area contributed by atoms with Gasteiger partial charge < -0.3 is 9.32 Å². The molecule has 3 heteroatoms. The van der Waals surface area contributed by atoms with Crippen molar-refractivity contribution in [1.82, 2.24) is 4.90 Å². The number of amidine groups is 1. The normalized spacial score (nSPS) is 13.6. The molecule has 5 aromatic carbocycles. The summed E-state index contributed by atoms with van der Waals surface area (Å²) in [6, 6.07) is 35.8. The third-order valence-electron chi connectivity index (χ3n) is 7.27. The van der Waals surface area contributed by atoms with E-state index in [2.05, 4.69) is 109 Å². The predicted octanol–water partition coefficient (Wildman–Crippen LogP) is 8.74. The van der Waals surface area contributed by atoms with E-state index in [0.717, 1.165) is 66.5 Å². The summed E-state index contributed by atoms with van der Waals surface area (Å²) >= 11 is 0. The van der Waals surface area contributed by atoms with Crippen LogP contribution in [-0.4, -0.2) is 17.8 Å². The van der Waals surface area contributed by atoms with Gasteiger partial charge in [0.15, 0.2) is 0 Å². The summed E-state index contributed by atoms with van der Waals surface area (Å²) in [6.07, 6.45) is 4.18. The highest BCUT2D eigenvalue weighted by atomic mass is 16.3. The van der Waals surface area contributed by atoms with Crippen LogP contribution in [0.1, 0.15) is 16.7 Å². The Kier molecular flexibility index (Phi) is 4.83. The third kappa shape index (κ3) is 3.25. The van der Waals surface area contributed by atoms with Crippen LogP contribution in [0.3, 0.4) is 0 Å². The number of hydrogen-bond donors (Lipinski definition) is 0. The lowest BCUT2D eigenvalue weighted by molar-refractivity contribution is 0.670. The quantitative estimate of drug-likeness (QED) is 0.185. The molecule has 0 amide bonds. The summed E-state index contributed by atoms with van der Waals surface area (Å²) in [7, 11) is 1.84. The lowest BCUT2D eigenvalue weighted by Crippen LogP contribution is -2.27. The van der Waals surface area contributed by atoms with Crippen molar-refractivity contribution in [2.45, 2.75) is 0 Å². The van der Waals surface area contributed by atoms with Crippen molar-refractivity contribution < 1.29 is 4.42 Å². The van der Waals surface area contributed by atoms with Crippen LogP contribution in [0.4, 0.5) is 0 Å². The van der Waals surface area contributed by atoms with E-state index in [1.807, 2.05) is 25.2 Å². The number of furan rings is 1. The molecule has 0 saturated carbocycles. The molecule has 7 rings (SSSR count). The van der Waals surface area contributed by atoms with Gasteiger partial charge in [-0.15, -0.1) is 0 Å². The molecular formula is C34H24N2O. The summed E-state index contributed by atoms with van der Waals surface area (Å²) in [5.41, 5.74) is 8.29. The van der Waals surface area contributed by atoms with Crippen LogP contribution < -0.4 is 0 Å². The van der Waals surface area contributed by atoms with Gasteiger partial charge >= 0.3 is 0 Å². The van der Waals surface area contributed by atoms with Gasteiger partial charge in [-0.25, -0.2) is 0 Å². The minimum atomic E-state index is 0.862. The lowest BCUT2D eigenvalue weighted by Gasteiger charge is -2.29. The molecule has 2 heterocycles. The standard InChI is InChI=1S/C34H24N2O/c1-22-24-11-4-3-10-23(24)20-21-36(22)34(35-2)31-19-18-27(25-12-5-6-13-26(25)31)29-15-9-16-30-28-14-7-8-17-32(28)37-33(29)30/h3-21H,1H2,2H3. The molecular weight excluding hydrogens is 452 g/mol. The minimum Gasteiger partial charge on any atom is -0.455 e. The zero-order chi connectivity index (χ0) is 24.9. The second-order valence-electron chi connectivity index (χ2n) is 9.25. The number of para-hydroxylation sites is 2. The Morgan fingerprint density at radius 2 is 1.38 bits per heavy atom. The average Bonchev–Trinajstić information content (AvgIpc) is 3.34. The average molecular weight is 477 g/mol. The molecule has 0 saturated heterocycles. The van der Waals surface area contributed by atoms with Crippen molar-refractivity contribution in [3.05, 3.63) is 133 Å². The van der Waals surface area contributed by atoms with E-state index in [4.69, 9.17) is 9.41 Å². The maximum absolute atomic E-state index is 6.38. The predicted molar refractivity (Wildman–Crippen MR) is 155 cm³/mol. The number of hydrogen-bond acceptors (Lipinski definition) is 2. The highest BCUT2D eigenvalue weighted by molar-refractivity contribution is 6.18. The Balaban J connectivity index is 1.41. The van der Waals surface area contributed by atoms with Gasteiger partial charge in [-0.1, -0.05) is 97.6 Å². The van der Waals surface area contributed by atoms with Crippen molar-refractivity contribution in [1.29, 1.82) is 0 Å². The van der Waals surface area contributed by atoms with E-state index in [0.29, 0.717) is 0 Å². The Morgan fingerprint density at radius 3 is 2.24 bits per heavy atom. The highest BCUT2D eigenvalue weighted by Crippen LogP contribution is 2.40. The maximum atomic E-state index is 6.38. The first-order chi connectivity index (χ1) is 18.2. The first kappa shape index (κ1) is 21.4. The molecule has 1 aliphatic heterocycles. The molecule has 0 spiro atoms. The minimum absolute atomic E-state index is 0.862. The van der Waals surface area contributed by atoms with Crippen LogP contribution >= 0.6 is 0 Å². The Morgan fingerprint density at radius 1 is 0.676 bits per heavy atom. The van der Waals surface area contributed by atoms with Gasteiger partial charge in [0.2, 0.25) is 0 Å². The fraction of sp³-hybridized carbons (Fsp3) is 0.0294. The van der Waals surface area contributed by atoms with E-state index in [1.165, 1.54) is 5.56 Å². The molecule has 0 atom stereocenters. The maximum Gasteiger partial charge on any atom is 0.143 e. The Labute approximate surface area is 215 Å². The highest BCUT2D eigenvalue weighted by Gasteiger charge is 2.23. The van der Waals surface area contributed by atoms with Gasteiger partial charge in [0.1, 0.15) is 17.0 Å². The largest absolute Gasteiger partial charge is 0.455 e. The van der Waals surface area contributed by atoms with E-state index < -0.39 is 0 Å². The van der Waals surface area contributed by atoms with Crippen LogP contribution in [0.15, 0.2) is 125 Å². The van der Waals surface area contributed by atoms with Crippen LogP contribution in [0.5, 0.6) is 0 Å². The summed E-state index contributed by atoms with van der Waals surface area (Å²) in [6.45, 7) is 4.41. The molecule has 0 aliphatic carbocycles. The molecule has 0 bridgehead atoms. The fourth-order valence-electron chi connectivity index (χ4n) is 5.52. The zero-order valence-electron chi connectivity index (χ0n) is 20.5. The van der Waals surface area contributed by atoms with Crippen molar-refractivity contribution >= 4 is 50.3 Å². The van der Waals surface area contributed by atoms with Crippen LogP contribution in [0, 0.1) is 0 Å². The van der Waals surface area contributed by atoms with E-state index in [9.17, 15) is 0 Å². The Hall–Kier alpha value is -4.89. The molecule has 6 aromatic rings. The molecule has 176 valence electrons. The molecule has 37 heavy (non-hydrogen) atoms. The molecule has 0 N–H and O–H groups in total. The van der Waals surface area contributed by atoms with Crippen LogP contribution in [0.2, 0.25) is 0 Å². The molecule has 0 fully saturated rings. The summed E-state index contributed by atoms with van der Waals surface area (Å²) in [5, 5.41) is 4.55. The number of rotatable bonds is 2. The van der Waals surface area contributed by atoms with Gasteiger partial charge in [-0.3, -0.25) is 4.99 Å². The lowest BCUT2D eigenvalue weighted by atomic mass is 9.93. The summed E-state index contributed by atoms with van der Waals surface area (Å²) < 4.78 is 6.38. The van der Waals surface area contributed by atoms with Crippen molar-refractivity contribution in [3.63, 3.8) is 0 Å². The molecule has 1 aliphatic rings. The second kappa shape index (κ2) is 8.35. The summed E-state index contributed by atoms with van der Waals surface area (Å²) in [4.78, 5) is 6.84. The topological polar surface area (TPSA) is 28.7 Å². The molecule has 0 unspecified atom stereocenters. The van der Waals surface area contributed by atoms with Crippen molar-refractivity contribution in [2.75, 3.05) is 7.05 Å². The van der Waals surface area contributed by atoms with E-state index in [-0.39, 0.29) is 0 Å². The first-order valence-electron chi connectivity index (χ1n) is 12.4. The van der Waals surface area contributed by atoms with Crippen LogP contribution in [0.25, 0.3) is 55.6 Å². The SMILES string of the molecule is C=C1c2ccccc2C=CN1C(=NC)c1ccc(-c2cccc3c2oc2ccccc23)c2ccccc12. The smallest absolute Gasteiger partial charge is 0.143 e. The van der Waals surface area contributed by atoms with Gasteiger partial charge in [-0.2, -0.15) is 0 Å². The first-order valence-corrected chi connectivity index (χ1v) is 12.4. The number of benzene rings is 5. The molecule has 0 radical (unpaired) electrons. The number of aliphatic imine (C=N–C) groups is 1. The van der Waals surface area contributed by atoms with E-state index in [1.54, 1.807) is 0 Å². The molecule has 3 nitrogen and oxygen atoms in total. The zero-order valence-corrected chi connectivity index (χ0v) is 20.5. The van der Waals surface area contributed by atoms with Crippen molar-refractivity contribution in [2.24, 2.45) is 4.99 Å². The molecule has 1 aromatic heterocycles. The number of fused-ring (bicyclic) bond motifs is 5. The van der Waals surface area contributed by atoms with Gasteiger partial charge in [0.05, 0.1) is 0 Å². The second-order valence-corrected chi connectivity index (χ2v) is 9.25. The Bertz CT molecular complexity index is 1920. The van der Waals surface area contributed by atoms with Crippen LogP contribution in [-0.2, 0) is 0 Å². The fourth-order valence-corrected chi connectivity index (χ4v) is 5.52. The van der Waals surface area contributed by atoms with E-state index >= 15 is 0 Å². The van der Waals surface area contributed by atoms with Gasteiger partial charge in [0, 0.05) is 46.4 Å². The van der Waals surface area contributed by atoms with Crippen molar-refractivity contribution in [3.8, 4) is 11.1 Å². The third-order valence-corrected chi connectivity index (χ3v) is 7.27. The van der Waals surface area contributed by atoms with Gasteiger partial charge in [0.25, 0.3) is 0 Å². The summed E-state index contributed by atoms with van der Waals surface area (Å²) in [5.74, 6) is 0.862.